The van der Waals surface area contributed by atoms with Crippen LogP contribution in [0.5, 0.6) is 0 Å². The Morgan fingerprint density at radius 1 is 1.41 bits per heavy atom. The molecule has 0 aromatic carbocycles. The molecular formula is C12H22N2O3. The summed E-state index contributed by atoms with van der Waals surface area (Å²) in [6, 6.07) is -0.543. The average molecular weight is 242 g/mol. The molecule has 2 unspecified atom stereocenters. The van der Waals surface area contributed by atoms with Crippen LogP contribution in [0.15, 0.2) is 0 Å². The van der Waals surface area contributed by atoms with Gasteiger partial charge in [0.15, 0.2) is 0 Å². The molecule has 17 heavy (non-hydrogen) atoms. The Labute approximate surface area is 102 Å². The highest BCUT2D eigenvalue weighted by Crippen LogP contribution is 2.15. The van der Waals surface area contributed by atoms with Crippen molar-refractivity contribution in [2.45, 2.75) is 26.3 Å². The van der Waals surface area contributed by atoms with E-state index in [4.69, 9.17) is 4.74 Å². The molecule has 1 aliphatic rings. The van der Waals surface area contributed by atoms with Gasteiger partial charge in [-0.1, -0.05) is 13.8 Å². The Morgan fingerprint density at radius 2 is 2.06 bits per heavy atom. The van der Waals surface area contributed by atoms with Crippen LogP contribution in [-0.2, 0) is 14.3 Å². The fraction of sp³-hybridized carbons (Fsp3) is 0.833. The van der Waals surface area contributed by atoms with Gasteiger partial charge in [-0.3, -0.25) is 4.79 Å². The highest BCUT2D eigenvalue weighted by atomic mass is 16.5. The van der Waals surface area contributed by atoms with Crippen molar-refractivity contribution in [3.8, 4) is 0 Å². The molecule has 98 valence electrons. The van der Waals surface area contributed by atoms with E-state index in [0.29, 0.717) is 0 Å². The normalized spacial score (nSPS) is 22.5. The summed E-state index contributed by atoms with van der Waals surface area (Å²) >= 11 is 0. The topological polar surface area (TPSA) is 58.6 Å². The van der Waals surface area contributed by atoms with Crippen LogP contribution in [0.2, 0.25) is 0 Å². The van der Waals surface area contributed by atoms with Crippen molar-refractivity contribution in [1.82, 2.24) is 10.2 Å². The van der Waals surface area contributed by atoms with Crippen molar-refractivity contribution in [2.24, 2.45) is 11.8 Å². The standard InChI is InChI=1S/C12H22N2O3/c1-8(2)10(12(16)17-4)13-11(15)9-5-6-14(3)7-9/h8-10H,5-7H2,1-4H3,(H,13,15). The third kappa shape index (κ3) is 3.70. The second-order valence-corrected chi connectivity index (χ2v) is 5.00. The van der Waals surface area contributed by atoms with E-state index < -0.39 is 6.04 Å². The Hall–Kier alpha value is -1.10. The van der Waals surface area contributed by atoms with Crippen LogP contribution >= 0.6 is 0 Å². The molecule has 0 bridgehead atoms. The van der Waals surface area contributed by atoms with Crippen molar-refractivity contribution in [1.29, 1.82) is 0 Å². The van der Waals surface area contributed by atoms with Crippen molar-refractivity contribution in [3.63, 3.8) is 0 Å². The number of nitrogens with one attached hydrogen (secondary N) is 1. The number of hydrogen-bond acceptors (Lipinski definition) is 4. The minimum Gasteiger partial charge on any atom is -0.467 e. The van der Waals surface area contributed by atoms with E-state index in [1.807, 2.05) is 20.9 Å². The van der Waals surface area contributed by atoms with E-state index in [-0.39, 0.29) is 23.7 Å². The maximum absolute atomic E-state index is 12.0. The lowest BCUT2D eigenvalue weighted by molar-refractivity contribution is -0.146. The number of carbonyl (C=O) groups is 2. The Kier molecular flexibility index (Phi) is 4.93. The number of methoxy groups -OCH3 is 1. The van der Waals surface area contributed by atoms with E-state index >= 15 is 0 Å². The first-order valence-electron chi connectivity index (χ1n) is 6.02. The number of hydrogen-bond donors (Lipinski definition) is 1. The van der Waals surface area contributed by atoms with Gasteiger partial charge in [0.25, 0.3) is 0 Å². The van der Waals surface area contributed by atoms with Gasteiger partial charge in [-0.25, -0.2) is 4.79 Å². The Morgan fingerprint density at radius 3 is 2.47 bits per heavy atom. The first-order valence-corrected chi connectivity index (χ1v) is 6.02. The number of likely N-dealkylation sites (tertiary alicyclic amines) is 1. The fourth-order valence-electron chi connectivity index (χ4n) is 2.04. The molecule has 1 rings (SSSR count). The van der Waals surface area contributed by atoms with E-state index in [1.165, 1.54) is 7.11 Å². The number of nitrogens with zero attached hydrogens (tertiary/aromatic N) is 1. The van der Waals surface area contributed by atoms with Crippen LogP contribution in [0.4, 0.5) is 0 Å². The van der Waals surface area contributed by atoms with Crippen molar-refractivity contribution >= 4 is 11.9 Å². The van der Waals surface area contributed by atoms with Crippen LogP contribution in [0.1, 0.15) is 20.3 Å². The molecule has 1 heterocycles. The molecule has 5 nitrogen and oxygen atoms in total. The molecule has 1 saturated heterocycles. The molecule has 1 N–H and O–H groups in total. The van der Waals surface area contributed by atoms with Gasteiger partial charge in [0.05, 0.1) is 13.0 Å². The summed E-state index contributed by atoms with van der Waals surface area (Å²) in [6.07, 6.45) is 0.855. The average Bonchev–Trinajstić information content (AvgIpc) is 2.71. The van der Waals surface area contributed by atoms with E-state index in [0.717, 1.165) is 19.5 Å². The first kappa shape index (κ1) is 14.0. The number of carbonyl (C=O) groups excluding carboxylic acids is 2. The smallest absolute Gasteiger partial charge is 0.328 e. The molecule has 5 heteroatoms. The van der Waals surface area contributed by atoms with Crippen LogP contribution in [0.25, 0.3) is 0 Å². The lowest BCUT2D eigenvalue weighted by Gasteiger charge is -2.21. The van der Waals surface area contributed by atoms with Gasteiger partial charge in [-0.15, -0.1) is 0 Å². The zero-order valence-electron chi connectivity index (χ0n) is 11.0. The van der Waals surface area contributed by atoms with Crippen molar-refractivity contribution in [2.75, 3.05) is 27.2 Å². The fourth-order valence-corrected chi connectivity index (χ4v) is 2.04. The predicted octanol–water partition coefficient (Wildman–Crippen LogP) is 0.252. The highest BCUT2D eigenvalue weighted by Gasteiger charge is 2.31. The Bertz CT molecular complexity index is 291. The molecule has 2 atom stereocenters. The third-order valence-corrected chi connectivity index (χ3v) is 3.18. The zero-order chi connectivity index (χ0) is 13.0. The van der Waals surface area contributed by atoms with Crippen molar-refractivity contribution in [3.05, 3.63) is 0 Å². The summed E-state index contributed by atoms with van der Waals surface area (Å²) in [7, 11) is 3.33. The molecule has 0 aromatic rings. The molecule has 0 saturated carbocycles. The minimum atomic E-state index is -0.543. The monoisotopic (exact) mass is 242 g/mol. The lowest BCUT2D eigenvalue weighted by Crippen LogP contribution is -2.47. The molecule has 1 amide bonds. The molecule has 0 radical (unpaired) electrons. The van der Waals surface area contributed by atoms with Gasteiger partial charge in [0.1, 0.15) is 6.04 Å². The maximum atomic E-state index is 12.0. The summed E-state index contributed by atoms with van der Waals surface area (Å²) in [4.78, 5) is 25.6. The summed E-state index contributed by atoms with van der Waals surface area (Å²) in [5.41, 5.74) is 0. The number of amides is 1. The van der Waals surface area contributed by atoms with Gasteiger partial charge >= 0.3 is 5.97 Å². The first-order chi connectivity index (χ1) is 7.95. The van der Waals surface area contributed by atoms with Gasteiger partial charge < -0.3 is 15.0 Å². The number of esters is 1. The van der Waals surface area contributed by atoms with Gasteiger partial charge in [-0.2, -0.15) is 0 Å². The molecule has 0 aliphatic carbocycles. The predicted molar refractivity (Wildman–Crippen MR) is 64.4 cm³/mol. The van der Waals surface area contributed by atoms with Crippen LogP contribution in [0.3, 0.4) is 0 Å². The van der Waals surface area contributed by atoms with Gasteiger partial charge in [0.2, 0.25) is 5.91 Å². The molecular weight excluding hydrogens is 220 g/mol. The highest BCUT2D eigenvalue weighted by molar-refractivity contribution is 5.86. The SMILES string of the molecule is COC(=O)C(NC(=O)C1CCN(C)C1)C(C)C. The van der Waals surface area contributed by atoms with Gasteiger partial charge in [-0.05, 0) is 25.9 Å². The molecule has 1 fully saturated rings. The minimum absolute atomic E-state index is 0.00842. The quantitative estimate of drug-likeness (QED) is 0.718. The second-order valence-electron chi connectivity index (χ2n) is 5.00. The number of ether oxygens (including phenoxy) is 1. The van der Waals surface area contributed by atoms with Crippen LogP contribution in [0, 0.1) is 11.8 Å². The molecule has 0 spiro atoms. The van der Waals surface area contributed by atoms with E-state index in [1.54, 1.807) is 0 Å². The summed E-state index contributed by atoms with van der Waals surface area (Å²) in [5, 5.41) is 2.79. The zero-order valence-corrected chi connectivity index (χ0v) is 11.0. The Balaban J connectivity index is 2.55. The molecule has 0 aromatic heterocycles. The summed E-state index contributed by atoms with van der Waals surface area (Å²) in [5.74, 6) is -0.394. The lowest BCUT2D eigenvalue weighted by atomic mass is 10.0. The van der Waals surface area contributed by atoms with E-state index in [9.17, 15) is 9.59 Å². The maximum Gasteiger partial charge on any atom is 0.328 e. The number of rotatable bonds is 4. The largest absolute Gasteiger partial charge is 0.467 e. The van der Waals surface area contributed by atoms with Gasteiger partial charge in [0, 0.05) is 6.54 Å². The third-order valence-electron chi connectivity index (χ3n) is 3.18. The van der Waals surface area contributed by atoms with Crippen molar-refractivity contribution < 1.29 is 14.3 Å². The van der Waals surface area contributed by atoms with E-state index in [2.05, 4.69) is 10.2 Å². The summed E-state index contributed by atoms with van der Waals surface area (Å²) in [6.45, 7) is 5.48. The van der Waals surface area contributed by atoms with Crippen LogP contribution < -0.4 is 5.32 Å². The molecule has 1 aliphatic heterocycles. The summed E-state index contributed by atoms with van der Waals surface area (Å²) < 4.78 is 4.69. The second kappa shape index (κ2) is 6.00. The van der Waals surface area contributed by atoms with Crippen LogP contribution in [-0.4, -0.2) is 50.1 Å².